The quantitative estimate of drug-likeness (QED) is 0.458. The lowest BCUT2D eigenvalue weighted by atomic mass is 10.3. The Labute approximate surface area is 120 Å². The highest BCUT2D eigenvalue weighted by Gasteiger charge is 2.15. The van der Waals surface area contributed by atoms with Gasteiger partial charge in [0.2, 0.25) is 5.91 Å². The number of carbonyl (C=O) groups excluding carboxylic acids is 1. The van der Waals surface area contributed by atoms with Crippen molar-refractivity contribution >= 4 is 30.0 Å². The second-order valence-corrected chi connectivity index (χ2v) is 4.55. The first-order valence-corrected chi connectivity index (χ1v) is 6.57. The van der Waals surface area contributed by atoms with E-state index >= 15 is 0 Å². The molecular weight excluding hydrogens is 284 g/mol. The predicted molar refractivity (Wildman–Crippen MR) is 79.3 cm³/mol. The highest BCUT2D eigenvalue weighted by atomic mass is 32.1. The van der Waals surface area contributed by atoms with Crippen LogP contribution in [0.25, 0.3) is 0 Å². The van der Waals surface area contributed by atoms with E-state index in [0.29, 0.717) is 12.4 Å². The molecule has 0 aliphatic rings. The van der Waals surface area contributed by atoms with Gasteiger partial charge in [-0.15, -0.1) is 0 Å². The number of rotatable bonds is 6. The predicted octanol–water partition coefficient (Wildman–Crippen LogP) is -1.06. The summed E-state index contributed by atoms with van der Waals surface area (Å²) in [5, 5.41) is 2.41. The van der Waals surface area contributed by atoms with E-state index in [4.69, 9.17) is 10.5 Å². The van der Waals surface area contributed by atoms with Gasteiger partial charge in [0.15, 0.2) is 0 Å². The summed E-state index contributed by atoms with van der Waals surface area (Å²) in [5.41, 5.74) is 4.37. The zero-order valence-corrected chi connectivity index (χ0v) is 12.3. The van der Waals surface area contributed by atoms with Gasteiger partial charge in [0, 0.05) is 19.8 Å². The van der Waals surface area contributed by atoms with Gasteiger partial charge in [-0.3, -0.25) is 18.7 Å². The number of ether oxygens (including phenoxy) is 1. The zero-order chi connectivity index (χ0) is 15.3. The van der Waals surface area contributed by atoms with Gasteiger partial charge in [0.1, 0.15) is 11.5 Å². The number of thiol groups is 1. The number of aromatic nitrogens is 2. The van der Waals surface area contributed by atoms with E-state index in [-0.39, 0.29) is 24.5 Å². The lowest BCUT2D eigenvalue weighted by Crippen LogP contribution is -2.40. The molecule has 20 heavy (non-hydrogen) atoms. The van der Waals surface area contributed by atoms with Crippen LogP contribution in [0.5, 0.6) is 0 Å². The molecule has 0 unspecified atom stereocenters. The molecule has 1 aromatic heterocycles. The summed E-state index contributed by atoms with van der Waals surface area (Å²) < 4.78 is 7.08. The van der Waals surface area contributed by atoms with Gasteiger partial charge in [0.05, 0.1) is 19.6 Å². The Hall–Kier alpha value is -1.74. The summed E-state index contributed by atoms with van der Waals surface area (Å²) in [6.07, 6.45) is 0.0826. The molecule has 0 bridgehead atoms. The second kappa shape index (κ2) is 7.15. The Balaban J connectivity index is 2.86. The molecule has 0 spiro atoms. The third-order valence-electron chi connectivity index (χ3n) is 2.68. The number of amides is 1. The molecule has 0 saturated heterocycles. The monoisotopic (exact) mass is 302 g/mol. The Morgan fingerprint density at radius 1 is 1.30 bits per heavy atom. The number of hydrogen-bond acceptors (Lipinski definition) is 6. The van der Waals surface area contributed by atoms with E-state index in [1.165, 1.54) is 14.1 Å². The molecule has 0 fully saturated rings. The van der Waals surface area contributed by atoms with Crippen LogP contribution in [0.15, 0.2) is 9.59 Å². The van der Waals surface area contributed by atoms with E-state index in [1.807, 2.05) is 0 Å². The van der Waals surface area contributed by atoms with Crippen LogP contribution in [0.3, 0.4) is 0 Å². The van der Waals surface area contributed by atoms with Crippen LogP contribution in [0, 0.1) is 0 Å². The van der Waals surface area contributed by atoms with E-state index in [2.05, 4.69) is 17.9 Å². The molecule has 9 heteroatoms. The summed E-state index contributed by atoms with van der Waals surface area (Å²) in [7, 11) is 2.73. The highest BCUT2D eigenvalue weighted by molar-refractivity contribution is 7.80. The fraction of sp³-hybridized carbons (Fsp3) is 0.545. The maximum atomic E-state index is 11.9. The van der Waals surface area contributed by atoms with Crippen LogP contribution < -0.4 is 22.3 Å². The first-order chi connectivity index (χ1) is 9.40. The van der Waals surface area contributed by atoms with Gasteiger partial charge in [-0.25, -0.2) is 4.79 Å². The summed E-state index contributed by atoms with van der Waals surface area (Å²) in [6, 6.07) is 0. The number of nitrogen functional groups attached to an aromatic ring is 1. The summed E-state index contributed by atoms with van der Waals surface area (Å²) in [6.45, 7) is 0.665. The van der Waals surface area contributed by atoms with Gasteiger partial charge in [-0.2, -0.15) is 12.6 Å². The largest absolute Gasteiger partial charge is 0.383 e. The molecule has 0 aliphatic carbocycles. The van der Waals surface area contributed by atoms with Gasteiger partial charge in [-0.05, 0) is 0 Å². The average Bonchev–Trinajstić information content (AvgIpc) is 2.44. The molecule has 8 nitrogen and oxygen atoms in total. The van der Waals surface area contributed by atoms with Crippen molar-refractivity contribution in [3.05, 3.63) is 20.8 Å². The van der Waals surface area contributed by atoms with Gasteiger partial charge in [0.25, 0.3) is 5.56 Å². The summed E-state index contributed by atoms with van der Waals surface area (Å²) >= 11 is 3.97. The topological polar surface area (TPSA) is 108 Å². The maximum Gasteiger partial charge on any atom is 0.332 e. The Kier molecular flexibility index (Phi) is 5.83. The van der Waals surface area contributed by atoms with E-state index in [9.17, 15) is 14.4 Å². The molecule has 3 N–H and O–H groups in total. The minimum atomic E-state index is -0.643. The smallest absolute Gasteiger partial charge is 0.332 e. The van der Waals surface area contributed by atoms with Crippen molar-refractivity contribution in [1.29, 1.82) is 0 Å². The van der Waals surface area contributed by atoms with E-state index < -0.39 is 17.2 Å². The summed E-state index contributed by atoms with van der Waals surface area (Å²) in [4.78, 5) is 35.2. The standard InChI is InChI=1S/C11H18N4O4S/c1-14-9(12)8(10(17)15(2)11(14)18)13-7(16)3-4-19-5-6-20/h20H,3-6,12H2,1-2H3,(H,13,16). The average molecular weight is 302 g/mol. The molecule has 1 rings (SSSR count). The molecular formula is C11H18N4O4S. The van der Waals surface area contributed by atoms with Gasteiger partial charge in [-0.1, -0.05) is 0 Å². The number of nitrogens with one attached hydrogen (secondary N) is 1. The molecule has 0 atom stereocenters. The third-order valence-corrected chi connectivity index (χ3v) is 2.87. The molecule has 0 aromatic carbocycles. The van der Waals surface area contributed by atoms with Crippen molar-refractivity contribution in [2.75, 3.05) is 30.0 Å². The first-order valence-electron chi connectivity index (χ1n) is 5.94. The van der Waals surface area contributed by atoms with Crippen LogP contribution >= 0.6 is 12.6 Å². The molecule has 0 aliphatic heterocycles. The number of anilines is 2. The summed E-state index contributed by atoms with van der Waals surface area (Å²) in [5.74, 6) is 0.0740. The molecule has 112 valence electrons. The van der Waals surface area contributed by atoms with Crippen LogP contribution in [-0.4, -0.2) is 34.0 Å². The SMILES string of the molecule is Cn1c(N)c(NC(=O)CCOCCS)c(=O)n(C)c1=O. The maximum absolute atomic E-state index is 11.9. The normalized spacial score (nSPS) is 10.6. The highest BCUT2D eigenvalue weighted by Crippen LogP contribution is 2.09. The van der Waals surface area contributed by atoms with Crippen LogP contribution in [0.1, 0.15) is 6.42 Å². The van der Waals surface area contributed by atoms with Crippen molar-refractivity contribution in [3.63, 3.8) is 0 Å². The van der Waals surface area contributed by atoms with Crippen LogP contribution in [-0.2, 0) is 23.6 Å². The minimum absolute atomic E-state index is 0.0808. The number of nitrogens with two attached hydrogens (primary N) is 1. The first kappa shape index (κ1) is 16.3. The molecule has 0 radical (unpaired) electrons. The van der Waals surface area contributed by atoms with Crippen molar-refractivity contribution in [1.82, 2.24) is 9.13 Å². The third kappa shape index (κ3) is 3.64. The number of hydrogen-bond donors (Lipinski definition) is 3. The van der Waals surface area contributed by atoms with Gasteiger partial charge >= 0.3 is 5.69 Å². The van der Waals surface area contributed by atoms with Crippen molar-refractivity contribution in [3.8, 4) is 0 Å². The lowest BCUT2D eigenvalue weighted by Gasteiger charge is -2.12. The minimum Gasteiger partial charge on any atom is -0.383 e. The van der Waals surface area contributed by atoms with E-state index in [0.717, 1.165) is 9.13 Å². The molecule has 1 heterocycles. The molecule has 1 amide bonds. The van der Waals surface area contributed by atoms with Crippen molar-refractivity contribution in [2.45, 2.75) is 6.42 Å². The number of carbonyl (C=O) groups is 1. The molecule has 1 aromatic rings. The Bertz CT molecular complexity index is 608. The second-order valence-electron chi connectivity index (χ2n) is 4.10. The van der Waals surface area contributed by atoms with Crippen LogP contribution in [0.4, 0.5) is 11.5 Å². The number of nitrogens with zero attached hydrogens (tertiary/aromatic N) is 2. The van der Waals surface area contributed by atoms with E-state index in [1.54, 1.807) is 0 Å². The Morgan fingerprint density at radius 2 is 1.95 bits per heavy atom. The van der Waals surface area contributed by atoms with Crippen molar-refractivity contribution < 1.29 is 9.53 Å². The molecule has 0 saturated carbocycles. The lowest BCUT2D eigenvalue weighted by molar-refractivity contribution is -0.117. The van der Waals surface area contributed by atoms with Crippen molar-refractivity contribution in [2.24, 2.45) is 14.1 Å². The fourth-order valence-corrected chi connectivity index (χ4v) is 1.64. The van der Waals surface area contributed by atoms with Crippen LogP contribution in [0.2, 0.25) is 0 Å². The van der Waals surface area contributed by atoms with Gasteiger partial charge < -0.3 is 15.8 Å². The fourth-order valence-electron chi connectivity index (χ4n) is 1.51. The Morgan fingerprint density at radius 3 is 2.55 bits per heavy atom. The zero-order valence-electron chi connectivity index (χ0n) is 11.4.